The Labute approximate surface area is 176 Å². The van der Waals surface area contributed by atoms with Gasteiger partial charge in [-0.3, -0.25) is 0 Å². The van der Waals surface area contributed by atoms with Gasteiger partial charge in [-0.05, 0) is 48.3 Å². The number of benzene rings is 4. The summed E-state index contributed by atoms with van der Waals surface area (Å²) in [4.78, 5) is 0. The minimum atomic E-state index is -0.479. The van der Waals surface area contributed by atoms with Gasteiger partial charge in [-0.25, -0.2) is 0 Å². The molecule has 0 spiro atoms. The molecule has 0 radical (unpaired) electrons. The molecule has 0 fully saturated rings. The first-order valence-electron chi connectivity index (χ1n) is 9.92. The summed E-state index contributed by atoms with van der Waals surface area (Å²) in [6.45, 7) is 0. The molecule has 0 saturated heterocycles. The summed E-state index contributed by atoms with van der Waals surface area (Å²) >= 11 is 0. The molecule has 1 atom stereocenters. The van der Waals surface area contributed by atoms with Crippen LogP contribution >= 0.6 is 16.0 Å². The largest absolute Gasteiger partial charge is 0.360 e. The van der Waals surface area contributed by atoms with E-state index in [9.17, 15) is 0 Å². The first-order chi connectivity index (χ1) is 14.4. The average molecular weight is 413 g/mol. The lowest BCUT2D eigenvalue weighted by atomic mass is 10.3. The number of hydrogen-bond acceptors (Lipinski definition) is 1. The summed E-state index contributed by atoms with van der Waals surface area (Å²) in [6, 6.07) is 43.5. The molecule has 1 N–H and O–H groups in total. The van der Waals surface area contributed by atoms with Crippen LogP contribution in [0.2, 0.25) is 0 Å². The number of nitrogens with one attached hydrogen (secondary N) is 1. The molecule has 0 aliphatic carbocycles. The van der Waals surface area contributed by atoms with Crippen molar-refractivity contribution in [3.05, 3.63) is 121 Å². The van der Waals surface area contributed by atoms with E-state index in [-0.39, 0.29) is 7.92 Å². The van der Waals surface area contributed by atoms with Crippen LogP contribution in [0.5, 0.6) is 0 Å². The van der Waals surface area contributed by atoms with E-state index in [0.717, 1.165) is 6.16 Å². The highest BCUT2D eigenvalue weighted by atomic mass is 31.1. The monoisotopic (exact) mass is 413 g/mol. The molecule has 0 aromatic heterocycles. The smallest absolute Gasteiger partial charge is 0.0374 e. The highest BCUT2D eigenvalue weighted by Crippen LogP contribution is 2.41. The molecule has 0 heterocycles. The Balaban J connectivity index is 1.58. The van der Waals surface area contributed by atoms with Crippen molar-refractivity contribution in [2.24, 2.45) is 0 Å². The van der Waals surface area contributed by atoms with Crippen molar-refractivity contribution >= 4 is 37.6 Å². The van der Waals surface area contributed by atoms with Gasteiger partial charge >= 0.3 is 0 Å². The number of para-hydroxylation sites is 1. The van der Waals surface area contributed by atoms with E-state index in [1.165, 1.54) is 27.8 Å². The van der Waals surface area contributed by atoms with Gasteiger partial charge in [0.25, 0.3) is 0 Å². The molecule has 4 rings (SSSR count). The van der Waals surface area contributed by atoms with Crippen molar-refractivity contribution in [1.82, 2.24) is 0 Å². The summed E-state index contributed by atoms with van der Waals surface area (Å²) in [6.07, 6.45) is 2.31. The zero-order valence-electron chi connectivity index (χ0n) is 16.4. The van der Waals surface area contributed by atoms with Gasteiger partial charge in [-0.2, -0.15) is 0 Å². The van der Waals surface area contributed by atoms with Gasteiger partial charge in [-0.15, -0.1) is 0 Å². The maximum absolute atomic E-state index is 3.83. The zero-order chi connectivity index (χ0) is 19.7. The van der Waals surface area contributed by atoms with Gasteiger partial charge in [0.05, 0.1) is 0 Å². The van der Waals surface area contributed by atoms with Crippen LogP contribution in [0.25, 0.3) is 0 Å². The highest BCUT2D eigenvalue weighted by Gasteiger charge is 2.18. The third kappa shape index (κ3) is 5.54. The Morgan fingerprint density at radius 1 is 0.448 bits per heavy atom. The second-order valence-corrected chi connectivity index (χ2v) is 11.2. The van der Waals surface area contributed by atoms with Crippen LogP contribution in [0.3, 0.4) is 0 Å². The van der Waals surface area contributed by atoms with Crippen LogP contribution in [0.4, 0.5) is 5.69 Å². The Bertz CT molecular complexity index is 937. The molecular weight excluding hydrogens is 388 g/mol. The lowest BCUT2D eigenvalue weighted by Crippen LogP contribution is -2.18. The molecule has 1 nitrogen and oxygen atoms in total. The molecule has 1 unspecified atom stereocenters. The van der Waals surface area contributed by atoms with Gasteiger partial charge in [-0.1, -0.05) is 109 Å². The van der Waals surface area contributed by atoms with Crippen LogP contribution in [0, 0.1) is 0 Å². The minimum Gasteiger partial charge on any atom is -0.360 e. The second kappa shape index (κ2) is 10.4. The molecule has 29 heavy (non-hydrogen) atoms. The van der Waals surface area contributed by atoms with Crippen molar-refractivity contribution < 1.29 is 0 Å². The summed E-state index contributed by atoms with van der Waals surface area (Å²) in [7, 11) is -0.851. The van der Waals surface area contributed by atoms with Crippen molar-refractivity contribution in [3.63, 3.8) is 0 Å². The SMILES string of the molecule is c1ccc(NP(CCP(c2ccccc2)c2ccccc2)c2ccccc2)cc1. The maximum atomic E-state index is 3.83. The van der Waals surface area contributed by atoms with E-state index in [1.807, 2.05) is 0 Å². The third-order valence-corrected chi connectivity index (χ3v) is 9.78. The van der Waals surface area contributed by atoms with Gasteiger partial charge in [0.1, 0.15) is 0 Å². The van der Waals surface area contributed by atoms with E-state index in [1.54, 1.807) is 0 Å². The molecule has 0 saturated carbocycles. The lowest BCUT2D eigenvalue weighted by molar-refractivity contribution is 1.49. The summed E-state index contributed by atoms with van der Waals surface area (Å²) < 4.78 is 0. The first-order valence-corrected chi connectivity index (χ1v) is 13.0. The normalized spacial score (nSPS) is 11.9. The number of anilines is 1. The molecule has 3 heteroatoms. The summed E-state index contributed by atoms with van der Waals surface area (Å²) in [5, 5.41) is 8.14. The van der Waals surface area contributed by atoms with E-state index in [2.05, 4.69) is 126 Å². The molecule has 144 valence electrons. The molecule has 4 aromatic rings. The molecule has 0 bridgehead atoms. The van der Waals surface area contributed by atoms with Crippen LogP contribution < -0.4 is 21.0 Å². The van der Waals surface area contributed by atoms with Gasteiger partial charge in [0.2, 0.25) is 0 Å². The highest BCUT2D eigenvalue weighted by molar-refractivity contribution is 7.74. The Hall–Kier alpha value is -2.46. The zero-order valence-corrected chi connectivity index (χ0v) is 18.1. The van der Waals surface area contributed by atoms with Gasteiger partial charge in [0.15, 0.2) is 0 Å². The topological polar surface area (TPSA) is 12.0 Å². The summed E-state index contributed by atoms with van der Waals surface area (Å²) in [5.41, 5.74) is 1.20. The Morgan fingerprint density at radius 3 is 1.34 bits per heavy atom. The fourth-order valence-electron chi connectivity index (χ4n) is 3.35. The predicted octanol–water partition coefficient (Wildman–Crippen LogP) is 5.95. The van der Waals surface area contributed by atoms with Gasteiger partial charge in [0, 0.05) is 13.8 Å². The average Bonchev–Trinajstić information content (AvgIpc) is 2.81. The molecule has 0 amide bonds. The quantitative estimate of drug-likeness (QED) is 0.352. The second-order valence-electron chi connectivity index (χ2n) is 6.79. The first kappa shape index (κ1) is 19.8. The third-order valence-electron chi connectivity index (χ3n) is 4.79. The Kier molecular flexibility index (Phi) is 7.08. The van der Waals surface area contributed by atoms with Crippen molar-refractivity contribution in [2.75, 3.05) is 17.4 Å². The van der Waals surface area contributed by atoms with Crippen molar-refractivity contribution in [2.45, 2.75) is 0 Å². The Morgan fingerprint density at radius 2 is 0.862 bits per heavy atom. The van der Waals surface area contributed by atoms with Crippen molar-refractivity contribution in [3.8, 4) is 0 Å². The standard InChI is InChI=1S/C26H25NP2/c1-5-13-23(14-6-1)27-29(26-19-11-4-12-20-26)22-21-28(24-15-7-2-8-16-24)25-17-9-3-10-18-25/h1-20,27H,21-22H2. The lowest BCUT2D eigenvalue weighted by Gasteiger charge is -2.24. The maximum Gasteiger partial charge on any atom is 0.0374 e. The van der Waals surface area contributed by atoms with E-state index >= 15 is 0 Å². The summed E-state index contributed by atoms with van der Waals surface area (Å²) in [5.74, 6) is 0. The molecular formula is C26H25NP2. The van der Waals surface area contributed by atoms with Crippen molar-refractivity contribution in [1.29, 1.82) is 0 Å². The fraction of sp³-hybridized carbons (Fsp3) is 0.0769. The predicted molar refractivity (Wildman–Crippen MR) is 132 cm³/mol. The van der Waals surface area contributed by atoms with E-state index in [0.29, 0.717) is 0 Å². The molecule has 4 aromatic carbocycles. The minimum absolute atomic E-state index is 0.372. The number of rotatable bonds is 8. The van der Waals surface area contributed by atoms with Gasteiger partial charge < -0.3 is 5.09 Å². The van der Waals surface area contributed by atoms with Crippen LogP contribution in [-0.2, 0) is 0 Å². The van der Waals surface area contributed by atoms with E-state index in [4.69, 9.17) is 0 Å². The fourth-order valence-corrected chi connectivity index (χ4v) is 8.32. The number of hydrogen-bond donors (Lipinski definition) is 1. The molecule has 0 aliphatic heterocycles. The molecule has 0 aliphatic rings. The van der Waals surface area contributed by atoms with Crippen LogP contribution in [-0.4, -0.2) is 12.3 Å². The van der Waals surface area contributed by atoms with Crippen LogP contribution in [0.15, 0.2) is 121 Å². The van der Waals surface area contributed by atoms with Crippen LogP contribution in [0.1, 0.15) is 0 Å². The van der Waals surface area contributed by atoms with E-state index < -0.39 is 8.07 Å².